The Kier molecular flexibility index (Phi) is 6.66. The lowest BCUT2D eigenvalue weighted by Gasteiger charge is -2.48. The Morgan fingerprint density at radius 3 is 2.68 bits per heavy atom. The first kappa shape index (κ1) is 21.1. The van der Waals surface area contributed by atoms with Gasteiger partial charge in [0, 0.05) is 28.9 Å². The van der Waals surface area contributed by atoms with Crippen LogP contribution in [-0.2, 0) is 35.2 Å². The minimum absolute atomic E-state index is 0.0522. The van der Waals surface area contributed by atoms with Gasteiger partial charge in [-0.3, -0.25) is 14.5 Å². The van der Waals surface area contributed by atoms with Crippen LogP contribution in [0, 0.1) is 10.5 Å². The standard InChI is InChI=1S/C19H20INO6S/c1-10-4-5-12(6-14(10)20)7-27-19(24)15-13(8-26-11(2)22)9-28-18-16(25-3)17(23)21(15)18/h4-6,16,18H,7-9H2,1-3H3/t16-,18+/m0/s1. The van der Waals surface area contributed by atoms with Gasteiger partial charge in [0.05, 0.1) is 0 Å². The molecule has 0 aliphatic carbocycles. The second-order valence-corrected chi connectivity index (χ2v) is 8.73. The molecule has 1 amide bonds. The molecule has 0 unspecified atom stereocenters. The molecule has 2 heterocycles. The smallest absolute Gasteiger partial charge is 0.355 e. The molecular formula is C19H20INO6S. The van der Waals surface area contributed by atoms with Crippen LogP contribution in [0.15, 0.2) is 29.5 Å². The normalized spacial score (nSPS) is 21.1. The number of aryl methyl sites for hydroxylation is 1. The number of rotatable bonds is 6. The van der Waals surface area contributed by atoms with Crippen molar-refractivity contribution in [3.05, 3.63) is 44.2 Å². The predicted octanol–water partition coefficient (Wildman–Crippen LogP) is 2.39. The van der Waals surface area contributed by atoms with Gasteiger partial charge in [-0.15, -0.1) is 11.8 Å². The van der Waals surface area contributed by atoms with Gasteiger partial charge in [-0.25, -0.2) is 4.79 Å². The van der Waals surface area contributed by atoms with Crippen molar-refractivity contribution in [2.75, 3.05) is 19.5 Å². The minimum atomic E-state index is -0.606. The van der Waals surface area contributed by atoms with E-state index in [0.717, 1.165) is 14.7 Å². The fourth-order valence-electron chi connectivity index (χ4n) is 2.96. The van der Waals surface area contributed by atoms with Crippen molar-refractivity contribution in [1.29, 1.82) is 0 Å². The van der Waals surface area contributed by atoms with Crippen LogP contribution in [0.1, 0.15) is 18.1 Å². The molecule has 2 aliphatic rings. The van der Waals surface area contributed by atoms with E-state index in [2.05, 4.69) is 22.6 Å². The van der Waals surface area contributed by atoms with Gasteiger partial charge >= 0.3 is 11.9 Å². The molecule has 1 aromatic carbocycles. The van der Waals surface area contributed by atoms with Crippen molar-refractivity contribution in [3.63, 3.8) is 0 Å². The number of halogens is 1. The van der Waals surface area contributed by atoms with Crippen LogP contribution < -0.4 is 0 Å². The van der Waals surface area contributed by atoms with E-state index in [1.54, 1.807) is 0 Å². The fourth-order valence-corrected chi connectivity index (χ4v) is 4.90. The Labute approximate surface area is 180 Å². The van der Waals surface area contributed by atoms with Crippen molar-refractivity contribution in [3.8, 4) is 0 Å². The molecule has 7 nitrogen and oxygen atoms in total. The molecule has 3 rings (SSSR count). The largest absolute Gasteiger partial charge is 0.461 e. The minimum Gasteiger partial charge on any atom is -0.461 e. The number of methoxy groups -OCH3 is 1. The summed E-state index contributed by atoms with van der Waals surface area (Å²) >= 11 is 3.70. The molecule has 28 heavy (non-hydrogen) atoms. The number of β-lactam (4-membered cyclic amide) rings is 1. The number of hydrogen-bond acceptors (Lipinski definition) is 7. The van der Waals surface area contributed by atoms with Crippen LogP contribution in [0.5, 0.6) is 0 Å². The second kappa shape index (κ2) is 8.83. The summed E-state index contributed by atoms with van der Waals surface area (Å²) in [6.45, 7) is 3.34. The van der Waals surface area contributed by atoms with Crippen molar-refractivity contribution < 1.29 is 28.6 Å². The topological polar surface area (TPSA) is 82.1 Å². The first-order chi connectivity index (χ1) is 13.3. The van der Waals surface area contributed by atoms with Gasteiger partial charge < -0.3 is 14.2 Å². The van der Waals surface area contributed by atoms with Crippen molar-refractivity contribution >= 4 is 52.2 Å². The lowest BCUT2D eigenvalue weighted by atomic mass is 10.1. The van der Waals surface area contributed by atoms with Crippen LogP contribution >= 0.6 is 34.4 Å². The molecule has 0 spiro atoms. The van der Waals surface area contributed by atoms with E-state index in [-0.39, 0.29) is 30.2 Å². The molecule has 1 saturated heterocycles. The average Bonchev–Trinajstić information content (AvgIpc) is 2.66. The fraction of sp³-hybridized carbons (Fsp3) is 0.421. The SMILES string of the molecule is CO[C@H]1C(=O)N2C(C(=O)OCc3ccc(C)c(I)c3)=C(COC(C)=O)CS[C@H]12. The molecule has 0 bridgehead atoms. The van der Waals surface area contributed by atoms with E-state index in [1.165, 1.54) is 30.7 Å². The third-order valence-electron chi connectivity index (χ3n) is 4.50. The summed E-state index contributed by atoms with van der Waals surface area (Å²) < 4.78 is 16.8. The highest BCUT2D eigenvalue weighted by atomic mass is 127. The van der Waals surface area contributed by atoms with Crippen molar-refractivity contribution in [2.24, 2.45) is 0 Å². The average molecular weight is 517 g/mol. The molecule has 2 aliphatic heterocycles. The van der Waals surface area contributed by atoms with Crippen LogP contribution in [-0.4, -0.2) is 53.7 Å². The van der Waals surface area contributed by atoms with E-state index < -0.39 is 18.0 Å². The Bertz CT molecular complexity index is 855. The third kappa shape index (κ3) is 4.20. The summed E-state index contributed by atoms with van der Waals surface area (Å²) in [5.74, 6) is -0.900. The van der Waals surface area contributed by atoms with Crippen molar-refractivity contribution in [1.82, 2.24) is 4.90 Å². The monoisotopic (exact) mass is 517 g/mol. The number of benzene rings is 1. The first-order valence-electron chi connectivity index (χ1n) is 8.58. The van der Waals surface area contributed by atoms with Gasteiger partial charge in [0.25, 0.3) is 5.91 Å². The number of thioether (sulfide) groups is 1. The summed E-state index contributed by atoms with van der Waals surface area (Å²) in [6.07, 6.45) is -0.582. The van der Waals surface area contributed by atoms with Gasteiger partial charge in [-0.1, -0.05) is 12.1 Å². The number of amides is 1. The summed E-state index contributed by atoms with van der Waals surface area (Å²) in [5, 5.41) is -0.276. The van der Waals surface area contributed by atoms with Gasteiger partial charge in [0.2, 0.25) is 0 Å². The summed E-state index contributed by atoms with van der Waals surface area (Å²) in [4.78, 5) is 37.8. The molecule has 2 atom stereocenters. The van der Waals surface area contributed by atoms with E-state index in [4.69, 9.17) is 14.2 Å². The Balaban J connectivity index is 1.80. The Morgan fingerprint density at radius 1 is 1.29 bits per heavy atom. The number of carbonyl (C=O) groups excluding carboxylic acids is 3. The summed E-state index contributed by atoms with van der Waals surface area (Å²) in [6, 6.07) is 5.81. The molecule has 0 aromatic heterocycles. The molecule has 0 radical (unpaired) electrons. The molecule has 1 fully saturated rings. The van der Waals surface area contributed by atoms with Gasteiger partial charge in [-0.05, 0) is 46.7 Å². The molecule has 150 valence electrons. The predicted molar refractivity (Wildman–Crippen MR) is 111 cm³/mol. The Morgan fingerprint density at radius 2 is 2.04 bits per heavy atom. The highest BCUT2D eigenvalue weighted by Crippen LogP contribution is 2.41. The van der Waals surface area contributed by atoms with E-state index in [1.807, 2.05) is 25.1 Å². The number of ether oxygens (including phenoxy) is 3. The van der Waals surface area contributed by atoms with E-state index >= 15 is 0 Å². The number of fused-ring (bicyclic) bond motifs is 1. The van der Waals surface area contributed by atoms with Crippen LogP contribution in [0.4, 0.5) is 0 Å². The number of hydrogen-bond donors (Lipinski definition) is 0. The Hall–Kier alpha value is -1.59. The zero-order chi connectivity index (χ0) is 20.4. The van der Waals surface area contributed by atoms with Crippen LogP contribution in [0.25, 0.3) is 0 Å². The van der Waals surface area contributed by atoms with Crippen molar-refractivity contribution in [2.45, 2.75) is 31.9 Å². The first-order valence-corrected chi connectivity index (χ1v) is 10.7. The quantitative estimate of drug-likeness (QED) is 0.326. The highest BCUT2D eigenvalue weighted by molar-refractivity contribution is 14.1. The second-order valence-electron chi connectivity index (χ2n) is 6.46. The maximum Gasteiger partial charge on any atom is 0.355 e. The van der Waals surface area contributed by atoms with Crippen LogP contribution in [0.3, 0.4) is 0 Å². The van der Waals surface area contributed by atoms with E-state index in [9.17, 15) is 14.4 Å². The van der Waals surface area contributed by atoms with Gasteiger partial charge in [0.1, 0.15) is 24.3 Å². The lowest BCUT2D eigenvalue weighted by Crippen LogP contribution is -2.65. The maximum absolute atomic E-state index is 12.8. The molecule has 0 N–H and O–H groups in total. The van der Waals surface area contributed by atoms with Gasteiger partial charge in [0.15, 0.2) is 6.10 Å². The highest BCUT2D eigenvalue weighted by Gasteiger charge is 2.54. The van der Waals surface area contributed by atoms with Gasteiger partial charge in [-0.2, -0.15) is 0 Å². The zero-order valence-corrected chi connectivity index (χ0v) is 18.7. The summed E-state index contributed by atoms with van der Waals surface area (Å²) in [5.41, 5.74) is 2.72. The molecule has 0 saturated carbocycles. The van der Waals surface area contributed by atoms with Crippen LogP contribution in [0.2, 0.25) is 0 Å². The third-order valence-corrected chi connectivity index (χ3v) is 6.98. The zero-order valence-electron chi connectivity index (χ0n) is 15.7. The lowest BCUT2D eigenvalue weighted by molar-refractivity contribution is -0.163. The number of nitrogens with zero attached hydrogens (tertiary/aromatic N) is 1. The molecule has 9 heteroatoms. The molecular weight excluding hydrogens is 497 g/mol. The number of carbonyl (C=O) groups is 3. The molecule has 1 aromatic rings. The maximum atomic E-state index is 12.8. The van der Waals surface area contributed by atoms with E-state index in [0.29, 0.717) is 11.3 Å². The number of esters is 2. The summed E-state index contributed by atoms with van der Waals surface area (Å²) in [7, 11) is 1.47.